The van der Waals surface area contributed by atoms with E-state index in [1.54, 1.807) is 12.1 Å². The van der Waals surface area contributed by atoms with Gasteiger partial charge in [0, 0.05) is 17.8 Å². The molecule has 2 aromatic rings. The van der Waals surface area contributed by atoms with Crippen LogP contribution in [0.25, 0.3) is 0 Å². The lowest BCUT2D eigenvalue weighted by atomic mass is 10.2. The fourth-order valence-electron chi connectivity index (χ4n) is 1.84. The lowest BCUT2D eigenvalue weighted by Crippen LogP contribution is -2.00. The van der Waals surface area contributed by atoms with Gasteiger partial charge in [0.2, 0.25) is 0 Å². The van der Waals surface area contributed by atoms with Crippen LogP contribution in [0.3, 0.4) is 0 Å². The molecule has 22 heavy (non-hydrogen) atoms. The zero-order chi connectivity index (χ0) is 15.9. The summed E-state index contributed by atoms with van der Waals surface area (Å²) in [6, 6.07) is 8.39. The average molecular weight is 303 g/mol. The summed E-state index contributed by atoms with van der Waals surface area (Å²) >= 11 is 0. The zero-order valence-electron chi connectivity index (χ0n) is 12.4. The van der Waals surface area contributed by atoms with Crippen molar-refractivity contribution in [1.29, 1.82) is 0 Å². The van der Waals surface area contributed by atoms with Crippen molar-refractivity contribution in [2.24, 2.45) is 0 Å². The van der Waals surface area contributed by atoms with Gasteiger partial charge in [-0.3, -0.25) is 10.1 Å². The molecular weight excluding hydrogens is 286 g/mol. The molecule has 2 rings (SSSR count). The number of hydrogen-bond acceptors (Lipinski definition) is 6. The van der Waals surface area contributed by atoms with Crippen LogP contribution in [0, 0.1) is 10.1 Å². The zero-order valence-corrected chi connectivity index (χ0v) is 12.4. The highest BCUT2D eigenvalue weighted by Crippen LogP contribution is 2.31. The van der Waals surface area contributed by atoms with Crippen molar-refractivity contribution in [3.05, 3.63) is 46.6 Å². The maximum atomic E-state index is 10.6. The number of rotatable bonds is 7. The summed E-state index contributed by atoms with van der Waals surface area (Å²) in [5, 5.41) is 13.7. The Morgan fingerprint density at radius 1 is 1.14 bits per heavy atom. The molecule has 1 heterocycles. The first-order valence-corrected chi connectivity index (χ1v) is 6.91. The smallest absolute Gasteiger partial charge is 0.287 e. The molecule has 0 atom stereocenters. The molecule has 1 aromatic carbocycles. The summed E-state index contributed by atoms with van der Waals surface area (Å²) < 4.78 is 11.0. The van der Waals surface area contributed by atoms with Crippen molar-refractivity contribution < 1.29 is 14.4 Å². The number of nitrogens with one attached hydrogen (secondary N) is 1. The summed E-state index contributed by atoms with van der Waals surface area (Å²) in [6.45, 7) is 4.88. The largest absolute Gasteiger partial charge is 0.490 e. The Morgan fingerprint density at radius 2 is 1.86 bits per heavy atom. The third kappa shape index (κ3) is 3.85. The van der Waals surface area contributed by atoms with Crippen molar-refractivity contribution >= 4 is 17.2 Å². The second-order valence-corrected chi connectivity index (χ2v) is 4.31. The van der Waals surface area contributed by atoms with E-state index in [2.05, 4.69) is 10.3 Å². The third-order valence-electron chi connectivity index (χ3n) is 2.77. The molecule has 1 aromatic heterocycles. The molecule has 0 amide bonds. The summed E-state index contributed by atoms with van der Waals surface area (Å²) in [6.07, 6.45) is 1.21. The van der Waals surface area contributed by atoms with Gasteiger partial charge < -0.3 is 14.8 Å². The van der Waals surface area contributed by atoms with Gasteiger partial charge in [-0.2, -0.15) is 0 Å². The second-order valence-electron chi connectivity index (χ2n) is 4.31. The second kappa shape index (κ2) is 7.26. The van der Waals surface area contributed by atoms with Crippen LogP contribution < -0.4 is 14.8 Å². The first-order chi connectivity index (χ1) is 10.6. The molecule has 0 aliphatic rings. The number of ether oxygens (including phenoxy) is 2. The standard InChI is InChI=1S/C15H17N3O4/c1-3-21-13-7-5-11(9-14(13)22-4-2)17-15-8-6-12(10-16-15)18(19)20/h5-10H,3-4H2,1-2H3,(H,16,17). The van der Waals surface area contributed by atoms with Crippen molar-refractivity contribution in [1.82, 2.24) is 4.98 Å². The van der Waals surface area contributed by atoms with Gasteiger partial charge in [-0.05, 0) is 32.0 Å². The van der Waals surface area contributed by atoms with Crippen molar-refractivity contribution in [3.63, 3.8) is 0 Å². The lowest BCUT2D eigenvalue weighted by Gasteiger charge is -2.13. The maximum Gasteiger partial charge on any atom is 0.287 e. The van der Waals surface area contributed by atoms with Crippen LogP contribution in [0.5, 0.6) is 11.5 Å². The van der Waals surface area contributed by atoms with E-state index in [1.165, 1.54) is 12.3 Å². The van der Waals surface area contributed by atoms with E-state index in [4.69, 9.17) is 9.47 Å². The number of nitro groups is 1. The van der Waals surface area contributed by atoms with Crippen molar-refractivity contribution in [3.8, 4) is 11.5 Å². The van der Waals surface area contributed by atoms with Gasteiger partial charge in [0.1, 0.15) is 12.0 Å². The Labute approximate surface area is 128 Å². The third-order valence-corrected chi connectivity index (χ3v) is 2.77. The summed E-state index contributed by atoms with van der Waals surface area (Å²) in [5.74, 6) is 1.82. The monoisotopic (exact) mass is 303 g/mol. The van der Waals surface area contributed by atoms with Crippen LogP contribution in [0.2, 0.25) is 0 Å². The molecule has 0 saturated heterocycles. The average Bonchev–Trinajstić information content (AvgIpc) is 2.51. The van der Waals surface area contributed by atoms with Gasteiger partial charge in [-0.25, -0.2) is 4.98 Å². The molecule has 0 radical (unpaired) electrons. The van der Waals surface area contributed by atoms with E-state index >= 15 is 0 Å². The number of benzene rings is 1. The van der Waals surface area contributed by atoms with E-state index in [1.807, 2.05) is 26.0 Å². The molecular formula is C15H17N3O4. The lowest BCUT2D eigenvalue weighted by molar-refractivity contribution is -0.385. The van der Waals surface area contributed by atoms with Gasteiger partial charge in [-0.15, -0.1) is 0 Å². The molecule has 0 spiro atoms. The maximum absolute atomic E-state index is 10.6. The molecule has 0 fully saturated rings. The Kier molecular flexibility index (Phi) is 5.13. The van der Waals surface area contributed by atoms with E-state index in [9.17, 15) is 10.1 Å². The van der Waals surface area contributed by atoms with Crippen molar-refractivity contribution in [2.45, 2.75) is 13.8 Å². The number of anilines is 2. The van der Waals surface area contributed by atoms with Gasteiger partial charge in [0.05, 0.1) is 18.1 Å². The highest BCUT2D eigenvalue weighted by molar-refractivity contribution is 5.61. The van der Waals surface area contributed by atoms with Gasteiger partial charge >= 0.3 is 0 Å². The Morgan fingerprint density at radius 3 is 2.45 bits per heavy atom. The predicted octanol–water partition coefficient (Wildman–Crippen LogP) is 3.53. The molecule has 0 aliphatic heterocycles. The summed E-state index contributed by atoms with van der Waals surface area (Å²) in [4.78, 5) is 14.1. The molecule has 0 bridgehead atoms. The minimum absolute atomic E-state index is 0.0488. The molecule has 7 nitrogen and oxygen atoms in total. The number of hydrogen-bond donors (Lipinski definition) is 1. The van der Waals surface area contributed by atoms with Crippen molar-refractivity contribution in [2.75, 3.05) is 18.5 Å². The Balaban J connectivity index is 2.18. The van der Waals surface area contributed by atoms with Crippen LogP contribution in [-0.4, -0.2) is 23.1 Å². The van der Waals surface area contributed by atoms with Crippen LogP contribution in [-0.2, 0) is 0 Å². The van der Waals surface area contributed by atoms with Crippen LogP contribution in [0.4, 0.5) is 17.2 Å². The van der Waals surface area contributed by atoms with Crippen LogP contribution in [0.15, 0.2) is 36.5 Å². The Hall–Kier alpha value is -2.83. The number of nitrogens with zero attached hydrogens (tertiary/aromatic N) is 2. The predicted molar refractivity (Wildman–Crippen MR) is 83.0 cm³/mol. The van der Waals surface area contributed by atoms with E-state index in [-0.39, 0.29) is 5.69 Å². The summed E-state index contributed by atoms with van der Waals surface area (Å²) in [5.41, 5.74) is 0.709. The van der Waals surface area contributed by atoms with Gasteiger partial charge in [0.25, 0.3) is 5.69 Å². The molecule has 0 aliphatic carbocycles. The molecule has 0 saturated carbocycles. The topological polar surface area (TPSA) is 86.5 Å². The molecule has 0 unspecified atom stereocenters. The Bertz CT molecular complexity index is 644. The number of aromatic nitrogens is 1. The summed E-state index contributed by atoms with van der Waals surface area (Å²) in [7, 11) is 0. The fourth-order valence-corrected chi connectivity index (χ4v) is 1.84. The quantitative estimate of drug-likeness (QED) is 0.622. The first-order valence-electron chi connectivity index (χ1n) is 6.91. The van der Waals surface area contributed by atoms with Gasteiger partial charge in [0.15, 0.2) is 11.5 Å². The highest BCUT2D eigenvalue weighted by atomic mass is 16.6. The van der Waals surface area contributed by atoms with Crippen LogP contribution >= 0.6 is 0 Å². The molecule has 7 heteroatoms. The fraction of sp³-hybridized carbons (Fsp3) is 0.267. The minimum Gasteiger partial charge on any atom is -0.490 e. The van der Waals surface area contributed by atoms with E-state index < -0.39 is 4.92 Å². The van der Waals surface area contributed by atoms with Crippen LogP contribution in [0.1, 0.15) is 13.8 Å². The molecule has 1 N–H and O–H groups in total. The van der Waals surface area contributed by atoms with Gasteiger partial charge in [-0.1, -0.05) is 0 Å². The normalized spacial score (nSPS) is 10.1. The van der Waals surface area contributed by atoms with E-state index in [0.29, 0.717) is 30.5 Å². The minimum atomic E-state index is -0.485. The van der Waals surface area contributed by atoms with E-state index in [0.717, 1.165) is 5.69 Å². The SMILES string of the molecule is CCOc1ccc(Nc2ccc([N+](=O)[O-])cn2)cc1OCC. The number of pyridine rings is 1. The first kappa shape index (κ1) is 15.6. The molecule has 116 valence electrons. The highest BCUT2D eigenvalue weighted by Gasteiger charge is 2.08.